The Morgan fingerprint density at radius 2 is 0.988 bits per heavy atom. The van der Waals surface area contributed by atoms with Crippen molar-refractivity contribution in [1.29, 1.82) is 0 Å². The normalized spacial score (nSPS) is 15.8. The number of anilines is 2. The number of pyridine rings is 3. The third-order valence-electron chi connectivity index (χ3n) is 15.2. The Kier molecular flexibility index (Phi) is 18.0. The van der Waals surface area contributed by atoms with E-state index in [1.807, 2.05) is 67.1 Å². The Hall–Kier alpha value is -8.76. The van der Waals surface area contributed by atoms with Crippen LogP contribution in [-0.4, -0.2) is 145 Å². The highest BCUT2D eigenvalue weighted by Gasteiger charge is 2.22. The Balaban J connectivity index is 0.000000139. The molecule has 19 nitrogen and oxygen atoms in total. The number of aromatic nitrogens is 6. The van der Waals surface area contributed by atoms with E-state index in [9.17, 15) is 23.2 Å². The molecule has 0 spiro atoms. The fourth-order valence-corrected chi connectivity index (χ4v) is 10.7. The van der Waals surface area contributed by atoms with Crippen LogP contribution in [0.25, 0.3) is 50.7 Å². The van der Waals surface area contributed by atoms with Crippen molar-refractivity contribution < 1.29 is 32.8 Å². The molecule has 9 aromatic rings. The zero-order chi connectivity index (χ0) is 58.1. The summed E-state index contributed by atoms with van der Waals surface area (Å²) in [5, 5.41) is 15.8. The molecule has 0 aliphatic carbocycles. The summed E-state index contributed by atoms with van der Waals surface area (Å²) < 4.78 is 52.7. The zero-order valence-electron chi connectivity index (χ0n) is 47.1. The Labute approximate surface area is 477 Å². The van der Waals surface area contributed by atoms with Gasteiger partial charge in [-0.15, -0.1) is 0 Å². The number of rotatable bonds is 12. The molecule has 21 heteroatoms. The van der Waals surface area contributed by atoms with Crippen molar-refractivity contribution >= 4 is 28.3 Å². The molecule has 3 fully saturated rings. The lowest BCUT2D eigenvalue weighted by atomic mass is 9.90. The molecule has 6 aromatic heterocycles. The van der Waals surface area contributed by atoms with Gasteiger partial charge >= 0.3 is 0 Å². The van der Waals surface area contributed by atoms with Crippen molar-refractivity contribution in [3.63, 3.8) is 0 Å². The number of β-amino-alcohol motifs (C(OH)–C–C–N with tert-alkyl or cyclic N) is 1. The molecule has 0 saturated carbocycles. The first-order chi connectivity index (χ1) is 40.3. The highest BCUT2D eigenvalue weighted by atomic mass is 19.1. The van der Waals surface area contributed by atoms with E-state index in [4.69, 9.17) is 29.0 Å². The van der Waals surface area contributed by atoms with E-state index in [-0.39, 0.29) is 34.8 Å². The molecule has 1 atom stereocenters. The van der Waals surface area contributed by atoms with Gasteiger partial charge in [0.25, 0.3) is 16.7 Å². The van der Waals surface area contributed by atoms with Crippen LogP contribution in [0.4, 0.5) is 20.2 Å². The van der Waals surface area contributed by atoms with Crippen LogP contribution in [-0.2, 0) is 0 Å². The molecule has 3 aromatic carbocycles. The molecule has 3 saturated heterocycles. The Morgan fingerprint density at radius 3 is 1.48 bits per heavy atom. The second-order valence-electron chi connectivity index (χ2n) is 20.5. The van der Waals surface area contributed by atoms with Crippen LogP contribution in [0.5, 0.6) is 23.0 Å². The van der Waals surface area contributed by atoms with Gasteiger partial charge in [0.05, 0.1) is 63.5 Å². The number of aliphatic hydroxyl groups excluding tert-OH is 1. The van der Waals surface area contributed by atoms with Crippen molar-refractivity contribution in [3.8, 4) is 56.8 Å². The first-order valence-electron chi connectivity index (χ1n) is 27.6. The number of piperidine rings is 1. The second-order valence-corrected chi connectivity index (χ2v) is 20.5. The van der Waals surface area contributed by atoms with Crippen molar-refractivity contribution in [3.05, 3.63) is 176 Å². The predicted octanol–water partition coefficient (Wildman–Crippen LogP) is 6.78. The summed E-state index contributed by atoms with van der Waals surface area (Å²) in [5.74, 6) is 0.995. The van der Waals surface area contributed by atoms with Gasteiger partial charge < -0.3 is 49.4 Å². The highest BCUT2D eigenvalue weighted by molar-refractivity contribution is 5.67. The van der Waals surface area contributed by atoms with Crippen LogP contribution in [0.3, 0.4) is 0 Å². The molecule has 0 radical (unpaired) electrons. The van der Waals surface area contributed by atoms with E-state index in [2.05, 4.69) is 48.3 Å². The predicted molar refractivity (Wildman–Crippen MR) is 317 cm³/mol. The number of likely N-dealkylation sites (tertiary alicyclic amines) is 1. The smallest absolute Gasteiger partial charge is 0.258 e. The first kappa shape index (κ1) is 57.5. The van der Waals surface area contributed by atoms with Crippen LogP contribution < -0.4 is 56.1 Å². The van der Waals surface area contributed by atoms with Crippen LogP contribution in [0.2, 0.25) is 0 Å². The molecule has 12 rings (SSSR count). The maximum atomic E-state index is 13.6. The average Bonchev–Trinajstić information content (AvgIpc) is 3.62. The van der Waals surface area contributed by atoms with Crippen LogP contribution >= 0.6 is 0 Å². The quantitative estimate of drug-likeness (QED) is 0.116. The van der Waals surface area contributed by atoms with E-state index >= 15 is 0 Å². The summed E-state index contributed by atoms with van der Waals surface area (Å²) in [6, 6.07) is 30.9. The molecule has 3 aliphatic rings. The number of nitrogens with one attached hydrogen (secondary N) is 2. The monoisotopic (exact) mass is 1130 g/mol. The number of methoxy groups -OCH3 is 4. The van der Waals surface area contributed by atoms with E-state index in [0.717, 1.165) is 101 Å². The molecule has 3 N–H and O–H groups in total. The Bertz CT molecular complexity index is 3960. The molecule has 9 heterocycles. The first-order valence-corrected chi connectivity index (χ1v) is 27.6. The van der Waals surface area contributed by atoms with Gasteiger partial charge in [-0.2, -0.15) is 0 Å². The highest BCUT2D eigenvalue weighted by Crippen LogP contribution is 2.33. The number of benzene rings is 3. The third kappa shape index (κ3) is 13.1. The number of nitrogens with zero attached hydrogens (tertiary/aromatic N) is 9. The van der Waals surface area contributed by atoms with Gasteiger partial charge in [0.2, 0.25) is 0 Å². The summed E-state index contributed by atoms with van der Waals surface area (Å²) in [4.78, 5) is 58.7. The van der Waals surface area contributed by atoms with Gasteiger partial charge in [0.15, 0.2) is 34.6 Å². The molecular weight excluding hydrogens is 1060 g/mol. The van der Waals surface area contributed by atoms with Crippen molar-refractivity contribution in [1.82, 2.24) is 43.7 Å². The number of piperazine rings is 2. The van der Waals surface area contributed by atoms with Crippen LogP contribution in [0, 0.1) is 11.6 Å². The topological polar surface area (TPSA) is 194 Å². The minimum absolute atomic E-state index is 0.107. The molecule has 0 amide bonds. The van der Waals surface area contributed by atoms with Gasteiger partial charge in [0, 0.05) is 112 Å². The molecule has 83 heavy (non-hydrogen) atoms. The lowest BCUT2D eigenvalue weighted by Gasteiger charge is -2.33. The van der Waals surface area contributed by atoms with E-state index < -0.39 is 11.6 Å². The van der Waals surface area contributed by atoms with Crippen LogP contribution in [0.15, 0.2) is 142 Å². The summed E-state index contributed by atoms with van der Waals surface area (Å²) in [6.07, 6.45) is 7.63. The fourth-order valence-electron chi connectivity index (χ4n) is 10.7. The van der Waals surface area contributed by atoms with E-state index in [0.29, 0.717) is 68.6 Å². The Morgan fingerprint density at radius 1 is 0.530 bits per heavy atom. The maximum absolute atomic E-state index is 13.6. The summed E-state index contributed by atoms with van der Waals surface area (Å²) in [5.41, 5.74) is 8.06. The van der Waals surface area contributed by atoms with Gasteiger partial charge in [0.1, 0.15) is 16.9 Å². The van der Waals surface area contributed by atoms with E-state index in [1.54, 1.807) is 57.8 Å². The maximum Gasteiger partial charge on any atom is 0.258 e. The lowest BCUT2D eigenvalue weighted by Crippen LogP contribution is -2.49. The van der Waals surface area contributed by atoms with Gasteiger partial charge in [-0.05, 0) is 129 Å². The number of halogens is 2. The lowest BCUT2D eigenvalue weighted by molar-refractivity contribution is 0.164. The van der Waals surface area contributed by atoms with Crippen molar-refractivity contribution in [2.45, 2.75) is 31.7 Å². The van der Waals surface area contributed by atoms with Gasteiger partial charge in [-0.1, -0.05) is 6.07 Å². The minimum atomic E-state index is -0.450. The number of aliphatic hydroxyl groups is 1. The number of ether oxygens (including phenoxy) is 4. The number of hydrogen-bond donors (Lipinski definition) is 3. The number of fused-ring (bicyclic) bond motifs is 3. The van der Waals surface area contributed by atoms with Gasteiger partial charge in [-0.25, -0.2) is 23.7 Å². The van der Waals surface area contributed by atoms with Gasteiger partial charge in [-0.3, -0.25) is 27.6 Å². The summed E-state index contributed by atoms with van der Waals surface area (Å²) in [6.45, 7) is 11.4. The molecule has 0 unspecified atom stereocenters. The van der Waals surface area contributed by atoms with E-state index in [1.165, 1.54) is 38.5 Å². The third-order valence-corrected chi connectivity index (χ3v) is 15.2. The summed E-state index contributed by atoms with van der Waals surface area (Å²) >= 11 is 0. The zero-order valence-corrected chi connectivity index (χ0v) is 47.1. The standard InChI is InChI=1S/C23H27N3O4.C20H21FN4O2.C19H19FN4O2/c1-29-20-5-3-17(13-21(20)30-2)19-14-23(28)26-15-18(4-6-22(26)24-19)16-7-9-25(10-8-16)11-12-27;1-13-11-24(8-7-22-13)15-4-6-19-23-17(10-20(26)25(19)12-15)14-3-5-16(21)18(9-14)27-2;1-26-17-10-13(2-4-15(17)20)16-11-19(25)24-12-14(3-5-18(24)22-16)23-8-6-21-7-9-23/h3-6,13-16,27H,7-12H2,1-2H3;3-6,9-10,12-13,22H,7-8,11H2,1-2H3;2-5,10-12,21H,6-9H2,1H3/t;13-;/m.0./s1. The average molecular weight is 1130 g/mol. The van der Waals surface area contributed by atoms with Crippen molar-refractivity contribution in [2.75, 3.05) is 110 Å². The second kappa shape index (κ2) is 26.0. The van der Waals surface area contributed by atoms with Crippen molar-refractivity contribution in [2.24, 2.45) is 0 Å². The summed E-state index contributed by atoms with van der Waals surface area (Å²) in [7, 11) is 5.98. The number of hydrogen-bond acceptors (Lipinski definition) is 16. The van der Waals surface area contributed by atoms with Crippen LogP contribution in [0.1, 0.15) is 31.2 Å². The molecule has 432 valence electrons. The molecule has 3 aliphatic heterocycles. The molecule has 0 bridgehead atoms. The molecular formula is C62H67F2N11O8. The fraction of sp³-hybridized carbons (Fsp3) is 0.323. The largest absolute Gasteiger partial charge is 0.494 e. The SMILES string of the molecule is COc1cc(-c2cc(=O)n3cc(N4CCNCC4)ccc3n2)ccc1F.COc1cc(-c2cc(=O)n3cc(N4CCN[C@@H](C)C4)ccc3n2)ccc1F.COc1ccc(-c2cc(=O)n3cc(C4CCN(CCO)CC4)ccc3n2)cc1OC. The minimum Gasteiger partial charge on any atom is -0.494 e.